The SMILES string of the molecule is O=C(/C=C/c1cccc2c1OCCO2)c1cccc(Cl)c1. The van der Waals surface area contributed by atoms with E-state index in [1.807, 2.05) is 18.2 Å². The molecule has 0 fully saturated rings. The Bertz CT molecular complexity index is 707. The fourth-order valence-electron chi connectivity index (χ4n) is 2.13. The number of ether oxygens (including phenoxy) is 2. The summed E-state index contributed by atoms with van der Waals surface area (Å²) in [6.45, 7) is 1.06. The van der Waals surface area contributed by atoms with Crippen LogP contribution in [0.2, 0.25) is 5.02 Å². The molecule has 0 bridgehead atoms. The van der Waals surface area contributed by atoms with Gasteiger partial charge >= 0.3 is 0 Å². The van der Waals surface area contributed by atoms with Crippen LogP contribution in [-0.4, -0.2) is 19.0 Å². The molecule has 0 saturated heterocycles. The molecule has 0 unspecified atom stereocenters. The summed E-state index contributed by atoms with van der Waals surface area (Å²) >= 11 is 5.89. The third kappa shape index (κ3) is 3.09. The monoisotopic (exact) mass is 300 g/mol. The zero-order valence-corrected chi connectivity index (χ0v) is 12.0. The first-order valence-corrected chi connectivity index (χ1v) is 6.98. The molecule has 0 spiro atoms. The van der Waals surface area contributed by atoms with Gasteiger partial charge in [0.05, 0.1) is 0 Å². The fraction of sp³-hybridized carbons (Fsp3) is 0.118. The Kier molecular flexibility index (Phi) is 3.93. The van der Waals surface area contributed by atoms with E-state index in [0.717, 1.165) is 5.56 Å². The minimum absolute atomic E-state index is 0.105. The van der Waals surface area contributed by atoms with Crippen molar-refractivity contribution >= 4 is 23.5 Å². The van der Waals surface area contributed by atoms with Gasteiger partial charge in [-0.2, -0.15) is 0 Å². The molecule has 0 N–H and O–H groups in total. The Morgan fingerprint density at radius 3 is 2.76 bits per heavy atom. The molecule has 1 heterocycles. The number of para-hydroxylation sites is 1. The minimum Gasteiger partial charge on any atom is -0.486 e. The van der Waals surface area contributed by atoms with Gasteiger partial charge in [-0.15, -0.1) is 0 Å². The summed E-state index contributed by atoms with van der Waals surface area (Å²) in [6, 6.07) is 12.5. The molecule has 0 radical (unpaired) electrons. The number of allylic oxidation sites excluding steroid dienone is 1. The molecular formula is C17H13ClO3. The standard InChI is InChI=1S/C17H13ClO3/c18-14-5-1-4-13(11-14)15(19)8-7-12-3-2-6-16-17(12)21-10-9-20-16/h1-8,11H,9-10H2/b8-7+. The highest BCUT2D eigenvalue weighted by molar-refractivity contribution is 6.31. The second-order valence-corrected chi connectivity index (χ2v) is 5.02. The maximum absolute atomic E-state index is 12.1. The van der Waals surface area contributed by atoms with Crippen LogP contribution in [0, 0.1) is 0 Å². The lowest BCUT2D eigenvalue weighted by Gasteiger charge is -2.19. The van der Waals surface area contributed by atoms with Crippen molar-refractivity contribution in [2.24, 2.45) is 0 Å². The first-order chi connectivity index (χ1) is 10.2. The molecule has 4 heteroatoms. The van der Waals surface area contributed by atoms with Crippen LogP contribution in [0.15, 0.2) is 48.5 Å². The highest BCUT2D eigenvalue weighted by atomic mass is 35.5. The Morgan fingerprint density at radius 1 is 1.10 bits per heavy atom. The fourth-order valence-corrected chi connectivity index (χ4v) is 2.32. The summed E-state index contributed by atoms with van der Waals surface area (Å²) < 4.78 is 11.1. The predicted molar refractivity (Wildman–Crippen MR) is 82.2 cm³/mol. The zero-order chi connectivity index (χ0) is 14.7. The van der Waals surface area contributed by atoms with Crippen molar-refractivity contribution in [3.63, 3.8) is 0 Å². The van der Waals surface area contributed by atoms with Gasteiger partial charge in [-0.3, -0.25) is 4.79 Å². The lowest BCUT2D eigenvalue weighted by molar-refractivity contribution is 0.104. The van der Waals surface area contributed by atoms with Gasteiger partial charge in [-0.1, -0.05) is 35.9 Å². The van der Waals surface area contributed by atoms with Gasteiger partial charge in [-0.25, -0.2) is 0 Å². The summed E-state index contributed by atoms with van der Waals surface area (Å²) in [5, 5.41) is 0.545. The van der Waals surface area contributed by atoms with Gasteiger partial charge in [0.1, 0.15) is 13.2 Å². The number of rotatable bonds is 3. The Morgan fingerprint density at radius 2 is 1.90 bits per heavy atom. The van der Waals surface area contributed by atoms with E-state index in [1.165, 1.54) is 6.08 Å². The maximum Gasteiger partial charge on any atom is 0.185 e. The van der Waals surface area contributed by atoms with E-state index >= 15 is 0 Å². The average molecular weight is 301 g/mol. The van der Waals surface area contributed by atoms with E-state index in [9.17, 15) is 4.79 Å². The molecule has 0 aromatic heterocycles. The topological polar surface area (TPSA) is 35.5 Å². The average Bonchev–Trinajstić information content (AvgIpc) is 2.52. The quantitative estimate of drug-likeness (QED) is 0.635. The number of fused-ring (bicyclic) bond motifs is 1. The number of ketones is 1. The number of benzene rings is 2. The Labute approximate surface area is 127 Å². The van der Waals surface area contributed by atoms with Crippen LogP contribution in [0.25, 0.3) is 6.08 Å². The van der Waals surface area contributed by atoms with Crippen molar-refractivity contribution in [2.45, 2.75) is 0 Å². The highest BCUT2D eigenvalue weighted by Gasteiger charge is 2.14. The number of hydrogen-bond acceptors (Lipinski definition) is 3. The van der Waals surface area contributed by atoms with Crippen molar-refractivity contribution in [1.29, 1.82) is 0 Å². The van der Waals surface area contributed by atoms with Crippen molar-refractivity contribution in [1.82, 2.24) is 0 Å². The molecule has 3 rings (SSSR count). The van der Waals surface area contributed by atoms with Crippen LogP contribution >= 0.6 is 11.6 Å². The van der Waals surface area contributed by atoms with E-state index in [2.05, 4.69) is 0 Å². The zero-order valence-electron chi connectivity index (χ0n) is 11.2. The van der Waals surface area contributed by atoms with Gasteiger partial charge in [0.2, 0.25) is 0 Å². The first kappa shape index (κ1) is 13.7. The normalized spacial score (nSPS) is 13.4. The number of halogens is 1. The van der Waals surface area contributed by atoms with Gasteiger partial charge in [0.25, 0.3) is 0 Å². The van der Waals surface area contributed by atoms with Crippen LogP contribution in [-0.2, 0) is 0 Å². The van der Waals surface area contributed by atoms with Crippen molar-refractivity contribution in [3.05, 3.63) is 64.7 Å². The smallest absolute Gasteiger partial charge is 0.185 e. The lowest BCUT2D eigenvalue weighted by atomic mass is 10.1. The van der Waals surface area contributed by atoms with Crippen molar-refractivity contribution in [3.8, 4) is 11.5 Å². The predicted octanol–water partition coefficient (Wildman–Crippen LogP) is 4.01. The molecule has 106 valence electrons. The number of hydrogen-bond donors (Lipinski definition) is 0. The summed E-state index contributed by atoms with van der Waals surface area (Å²) in [5.41, 5.74) is 1.38. The molecule has 2 aromatic rings. The molecule has 1 aliphatic rings. The molecule has 21 heavy (non-hydrogen) atoms. The molecule has 0 atom stereocenters. The Balaban J connectivity index is 1.85. The molecule has 2 aromatic carbocycles. The van der Waals surface area contributed by atoms with Crippen LogP contribution in [0.4, 0.5) is 0 Å². The summed E-state index contributed by atoms with van der Waals surface area (Å²) in [4.78, 5) is 12.1. The van der Waals surface area contributed by atoms with E-state index < -0.39 is 0 Å². The van der Waals surface area contributed by atoms with Gasteiger partial charge < -0.3 is 9.47 Å². The van der Waals surface area contributed by atoms with Crippen LogP contribution in [0.1, 0.15) is 15.9 Å². The number of carbonyl (C=O) groups is 1. The van der Waals surface area contributed by atoms with Crippen molar-refractivity contribution < 1.29 is 14.3 Å². The van der Waals surface area contributed by atoms with Crippen LogP contribution in [0.3, 0.4) is 0 Å². The Hall–Kier alpha value is -2.26. The molecule has 0 saturated carbocycles. The van der Waals surface area contributed by atoms with E-state index in [4.69, 9.17) is 21.1 Å². The van der Waals surface area contributed by atoms with Gasteiger partial charge in [-0.05, 0) is 30.4 Å². The molecule has 1 aliphatic heterocycles. The molecular weight excluding hydrogens is 288 g/mol. The minimum atomic E-state index is -0.105. The third-order valence-corrected chi connectivity index (χ3v) is 3.36. The van der Waals surface area contributed by atoms with Crippen LogP contribution < -0.4 is 9.47 Å². The number of carbonyl (C=O) groups excluding carboxylic acids is 1. The van der Waals surface area contributed by atoms with Crippen molar-refractivity contribution in [2.75, 3.05) is 13.2 Å². The van der Waals surface area contributed by atoms with Crippen LogP contribution in [0.5, 0.6) is 11.5 Å². The summed E-state index contributed by atoms with van der Waals surface area (Å²) in [7, 11) is 0. The third-order valence-electron chi connectivity index (χ3n) is 3.12. The largest absolute Gasteiger partial charge is 0.486 e. The summed E-state index contributed by atoms with van der Waals surface area (Å²) in [5.74, 6) is 1.28. The van der Waals surface area contributed by atoms with Gasteiger partial charge in [0, 0.05) is 16.1 Å². The highest BCUT2D eigenvalue weighted by Crippen LogP contribution is 2.34. The first-order valence-electron chi connectivity index (χ1n) is 6.60. The van der Waals surface area contributed by atoms with E-state index in [0.29, 0.717) is 35.3 Å². The second kappa shape index (κ2) is 6.02. The van der Waals surface area contributed by atoms with E-state index in [-0.39, 0.29) is 5.78 Å². The molecule has 0 amide bonds. The van der Waals surface area contributed by atoms with E-state index in [1.54, 1.807) is 30.3 Å². The summed E-state index contributed by atoms with van der Waals surface area (Å²) in [6.07, 6.45) is 3.25. The van der Waals surface area contributed by atoms with Gasteiger partial charge in [0.15, 0.2) is 17.3 Å². The second-order valence-electron chi connectivity index (χ2n) is 4.58. The molecule has 3 nitrogen and oxygen atoms in total. The lowest BCUT2D eigenvalue weighted by Crippen LogP contribution is -2.15. The molecule has 0 aliphatic carbocycles. The maximum atomic E-state index is 12.1.